The predicted molar refractivity (Wildman–Crippen MR) is 124 cm³/mol. The highest BCUT2D eigenvalue weighted by atomic mass is 16.2. The van der Waals surface area contributed by atoms with Gasteiger partial charge in [-0.3, -0.25) is 9.59 Å². The van der Waals surface area contributed by atoms with E-state index in [2.05, 4.69) is 22.4 Å². The Labute approximate surface area is 185 Å². The second-order valence-corrected chi connectivity index (χ2v) is 8.33. The van der Waals surface area contributed by atoms with E-state index in [4.69, 9.17) is 4.99 Å². The summed E-state index contributed by atoms with van der Waals surface area (Å²) >= 11 is 0. The third-order valence-electron chi connectivity index (χ3n) is 6.36. The number of anilines is 1. The number of aromatic amines is 1. The summed E-state index contributed by atoms with van der Waals surface area (Å²) in [4.78, 5) is 36.4. The molecule has 0 spiro atoms. The SMILES string of the molecule is O=C(NC1N=C(c2ccccc2)c2cccc3c2N(CC3)C1=O)c1cc2c([nH]1)CCC=C2. The van der Waals surface area contributed by atoms with Crippen LogP contribution in [0.2, 0.25) is 0 Å². The standard InChI is InChI=1S/C26H22N4O2/c31-25(21-15-18-9-4-5-12-20(18)27-21)29-24-26(32)30-14-13-17-10-6-11-19(23(17)30)22(28-24)16-7-2-1-3-8-16/h1-4,6-11,15,24,27H,5,12-14H2,(H,29,31). The minimum atomic E-state index is -0.994. The molecule has 3 aromatic rings. The summed E-state index contributed by atoms with van der Waals surface area (Å²) in [5.74, 6) is -0.528. The molecule has 158 valence electrons. The number of benzene rings is 2. The van der Waals surface area contributed by atoms with Crippen LogP contribution in [0.5, 0.6) is 0 Å². The first-order valence-electron chi connectivity index (χ1n) is 11.0. The van der Waals surface area contributed by atoms with Crippen LogP contribution in [0.4, 0.5) is 5.69 Å². The van der Waals surface area contributed by atoms with E-state index in [1.807, 2.05) is 54.6 Å². The van der Waals surface area contributed by atoms with Crippen LogP contribution in [-0.2, 0) is 17.6 Å². The summed E-state index contributed by atoms with van der Waals surface area (Å²) in [5.41, 5.74) is 7.15. The average Bonchev–Trinajstić information content (AvgIpc) is 3.43. The van der Waals surface area contributed by atoms with Crippen molar-refractivity contribution in [3.8, 4) is 0 Å². The van der Waals surface area contributed by atoms with Crippen molar-refractivity contribution in [3.63, 3.8) is 0 Å². The number of H-pyrrole nitrogens is 1. The molecule has 6 heteroatoms. The van der Waals surface area contributed by atoms with E-state index in [0.29, 0.717) is 12.2 Å². The summed E-state index contributed by atoms with van der Waals surface area (Å²) in [5, 5.41) is 2.88. The van der Waals surface area contributed by atoms with Crippen LogP contribution in [0.15, 0.2) is 65.7 Å². The number of fused-ring (bicyclic) bond motifs is 1. The van der Waals surface area contributed by atoms with Crippen molar-refractivity contribution >= 4 is 29.3 Å². The Bertz CT molecular complexity index is 1300. The molecule has 2 aromatic carbocycles. The molecule has 3 heterocycles. The van der Waals surface area contributed by atoms with Gasteiger partial charge in [-0.05, 0) is 36.5 Å². The smallest absolute Gasteiger partial charge is 0.272 e. The molecule has 32 heavy (non-hydrogen) atoms. The van der Waals surface area contributed by atoms with Gasteiger partial charge in [-0.15, -0.1) is 0 Å². The van der Waals surface area contributed by atoms with Gasteiger partial charge in [0.05, 0.1) is 11.4 Å². The largest absolute Gasteiger partial charge is 0.354 e. The highest BCUT2D eigenvalue weighted by molar-refractivity contribution is 6.21. The van der Waals surface area contributed by atoms with E-state index in [9.17, 15) is 9.59 Å². The van der Waals surface area contributed by atoms with Gasteiger partial charge in [0.2, 0.25) is 6.17 Å². The van der Waals surface area contributed by atoms with Gasteiger partial charge < -0.3 is 15.2 Å². The summed E-state index contributed by atoms with van der Waals surface area (Å²) < 4.78 is 0. The van der Waals surface area contributed by atoms with Crippen LogP contribution in [0, 0.1) is 0 Å². The van der Waals surface area contributed by atoms with Crippen molar-refractivity contribution in [3.05, 3.63) is 94.3 Å². The van der Waals surface area contributed by atoms with Gasteiger partial charge in [0.1, 0.15) is 5.69 Å². The molecule has 1 aromatic heterocycles. The molecule has 6 nitrogen and oxygen atoms in total. The zero-order valence-corrected chi connectivity index (χ0v) is 17.5. The Balaban J connectivity index is 1.41. The molecule has 3 aliphatic rings. The van der Waals surface area contributed by atoms with Gasteiger partial charge in [-0.1, -0.05) is 60.7 Å². The highest BCUT2D eigenvalue weighted by Gasteiger charge is 2.37. The lowest BCUT2D eigenvalue weighted by Crippen LogP contribution is -2.47. The van der Waals surface area contributed by atoms with Gasteiger partial charge in [0.15, 0.2) is 0 Å². The van der Waals surface area contributed by atoms with E-state index in [1.165, 1.54) is 0 Å². The number of aromatic nitrogens is 1. The van der Waals surface area contributed by atoms with E-state index in [1.54, 1.807) is 4.90 Å². The fourth-order valence-electron chi connectivity index (χ4n) is 4.82. The fraction of sp³-hybridized carbons (Fsp3) is 0.192. The number of rotatable bonds is 3. The van der Waals surface area contributed by atoms with Crippen molar-refractivity contribution in [1.29, 1.82) is 0 Å². The zero-order chi connectivity index (χ0) is 21.7. The molecule has 1 unspecified atom stereocenters. The number of aryl methyl sites for hydroxylation is 1. The van der Waals surface area contributed by atoms with E-state index < -0.39 is 6.17 Å². The molecule has 2 N–H and O–H groups in total. The molecule has 1 atom stereocenters. The van der Waals surface area contributed by atoms with E-state index in [0.717, 1.165) is 58.6 Å². The number of nitrogens with one attached hydrogen (secondary N) is 2. The van der Waals surface area contributed by atoms with Crippen molar-refractivity contribution in [2.24, 2.45) is 4.99 Å². The number of amides is 2. The first kappa shape index (κ1) is 18.8. The Morgan fingerprint density at radius 1 is 1.09 bits per heavy atom. The Kier molecular flexibility index (Phi) is 4.31. The third-order valence-corrected chi connectivity index (χ3v) is 6.36. The Hall–Kier alpha value is -3.93. The average molecular weight is 422 g/mol. The first-order valence-corrected chi connectivity index (χ1v) is 11.0. The van der Waals surface area contributed by atoms with Crippen LogP contribution in [-0.4, -0.2) is 35.2 Å². The molecular formula is C26H22N4O2. The van der Waals surface area contributed by atoms with E-state index in [-0.39, 0.29) is 11.8 Å². The van der Waals surface area contributed by atoms with Gasteiger partial charge in [-0.2, -0.15) is 0 Å². The van der Waals surface area contributed by atoms with Gasteiger partial charge >= 0.3 is 0 Å². The summed E-state index contributed by atoms with van der Waals surface area (Å²) in [6, 6.07) is 17.7. The van der Waals surface area contributed by atoms with Crippen LogP contribution >= 0.6 is 0 Å². The third kappa shape index (κ3) is 2.99. The van der Waals surface area contributed by atoms with Gasteiger partial charge in [0, 0.05) is 23.4 Å². The number of hydrogen-bond acceptors (Lipinski definition) is 3. The number of para-hydroxylation sites is 1. The molecule has 0 saturated heterocycles. The maximum Gasteiger partial charge on any atom is 0.272 e. The van der Waals surface area contributed by atoms with Crippen LogP contribution < -0.4 is 10.2 Å². The quantitative estimate of drug-likeness (QED) is 0.678. The number of allylic oxidation sites excluding steroid dienone is 1. The second kappa shape index (κ2) is 7.34. The Morgan fingerprint density at radius 2 is 1.97 bits per heavy atom. The number of carbonyl (C=O) groups is 2. The molecule has 0 radical (unpaired) electrons. The zero-order valence-electron chi connectivity index (χ0n) is 17.5. The highest BCUT2D eigenvalue weighted by Crippen LogP contribution is 2.36. The molecule has 2 amide bonds. The maximum atomic E-state index is 13.5. The summed E-state index contributed by atoms with van der Waals surface area (Å²) in [6.07, 6.45) is 5.77. The van der Waals surface area contributed by atoms with Crippen LogP contribution in [0.1, 0.15) is 44.9 Å². The van der Waals surface area contributed by atoms with Gasteiger partial charge in [-0.25, -0.2) is 4.99 Å². The lowest BCUT2D eigenvalue weighted by molar-refractivity contribution is -0.120. The molecule has 6 rings (SSSR count). The van der Waals surface area contributed by atoms with Crippen molar-refractivity contribution in [2.45, 2.75) is 25.4 Å². The van der Waals surface area contributed by atoms with Crippen LogP contribution in [0.3, 0.4) is 0 Å². The lowest BCUT2D eigenvalue weighted by Gasteiger charge is -2.20. The number of hydrogen-bond donors (Lipinski definition) is 2. The molecule has 2 aliphatic heterocycles. The molecule has 1 aliphatic carbocycles. The minimum Gasteiger partial charge on any atom is -0.354 e. The van der Waals surface area contributed by atoms with Crippen molar-refractivity contribution in [2.75, 3.05) is 11.4 Å². The van der Waals surface area contributed by atoms with Crippen molar-refractivity contribution < 1.29 is 9.59 Å². The number of nitrogens with zero attached hydrogens (tertiary/aromatic N) is 2. The maximum absolute atomic E-state index is 13.5. The second-order valence-electron chi connectivity index (χ2n) is 8.33. The summed E-state index contributed by atoms with van der Waals surface area (Å²) in [6.45, 7) is 0.594. The Morgan fingerprint density at radius 3 is 2.81 bits per heavy atom. The number of aliphatic imine (C=N–C) groups is 1. The fourth-order valence-corrected chi connectivity index (χ4v) is 4.82. The minimum absolute atomic E-state index is 0.202. The lowest BCUT2D eigenvalue weighted by atomic mass is 9.98. The van der Waals surface area contributed by atoms with Crippen LogP contribution in [0.25, 0.3) is 6.08 Å². The monoisotopic (exact) mass is 422 g/mol. The summed E-state index contributed by atoms with van der Waals surface area (Å²) in [7, 11) is 0. The molecular weight excluding hydrogens is 400 g/mol. The molecule has 0 saturated carbocycles. The van der Waals surface area contributed by atoms with Crippen molar-refractivity contribution in [1.82, 2.24) is 10.3 Å². The number of carbonyl (C=O) groups excluding carboxylic acids is 2. The molecule has 0 fully saturated rings. The topological polar surface area (TPSA) is 77.6 Å². The normalized spacial score (nSPS) is 18.6. The van der Waals surface area contributed by atoms with Gasteiger partial charge in [0.25, 0.3) is 11.8 Å². The van der Waals surface area contributed by atoms with E-state index >= 15 is 0 Å². The molecule has 0 bridgehead atoms. The first-order chi connectivity index (χ1) is 15.7. The predicted octanol–water partition coefficient (Wildman–Crippen LogP) is 3.47.